The fraction of sp³-hybridized carbons (Fsp3) is 0.190. The van der Waals surface area contributed by atoms with Gasteiger partial charge in [0.25, 0.3) is 0 Å². The van der Waals surface area contributed by atoms with E-state index in [1.165, 1.54) is 4.31 Å². The van der Waals surface area contributed by atoms with Crippen molar-refractivity contribution in [3.8, 4) is 0 Å². The van der Waals surface area contributed by atoms with Crippen molar-refractivity contribution < 1.29 is 13.2 Å². The van der Waals surface area contributed by atoms with Gasteiger partial charge in [0.2, 0.25) is 15.9 Å². The van der Waals surface area contributed by atoms with Crippen LogP contribution < -0.4 is 0 Å². The molecule has 0 spiro atoms. The topological polar surface area (TPSA) is 57.7 Å². The van der Waals surface area contributed by atoms with Crippen LogP contribution in [0.15, 0.2) is 70.9 Å². The Bertz CT molecular complexity index is 1110. The molecule has 0 bridgehead atoms. The van der Waals surface area contributed by atoms with Crippen LogP contribution in [0.5, 0.6) is 0 Å². The molecule has 1 fully saturated rings. The number of thiophene rings is 1. The molecule has 1 saturated heterocycles. The molecule has 144 valence electrons. The van der Waals surface area contributed by atoms with Gasteiger partial charge in [-0.3, -0.25) is 4.79 Å². The Morgan fingerprint density at radius 1 is 0.929 bits per heavy atom. The van der Waals surface area contributed by atoms with Crippen LogP contribution in [0.3, 0.4) is 0 Å². The van der Waals surface area contributed by atoms with Gasteiger partial charge < -0.3 is 4.90 Å². The summed E-state index contributed by atoms with van der Waals surface area (Å²) in [7, 11) is -3.57. The molecule has 4 rings (SSSR count). The second-order valence-electron chi connectivity index (χ2n) is 6.59. The van der Waals surface area contributed by atoms with E-state index in [0.29, 0.717) is 31.1 Å². The van der Waals surface area contributed by atoms with Crippen LogP contribution in [0.2, 0.25) is 0 Å². The molecule has 3 aromatic rings. The van der Waals surface area contributed by atoms with Crippen LogP contribution in [0, 0.1) is 0 Å². The van der Waals surface area contributed by atoms with Gasteiger partial charge in [-0.15, -0.1) is 11.3 Å². The highest BCUT2D eigenvalue weighted by molar-refractivity contribution is 7.89. The van der Waals surface area contributed by atoms with E-state index in [4.69, 9.17) is 0 Å². The van der Waals surface area contributed by atoms with Gasteiger partial charge in [-0.2, -0.15) is 4.31 Å². The summed E-state index contributed by atoms with van der Waals surface area (Å²) in [5.41, 5.74) is 0. The Hall–Kier alpha value is -2.48. The predicted octanol–water partition coefficient (Wildman–Crippen LogP) is 3.45. The summed E-state index contributed by atoms with van der Waals surface area (Å²) >= 11 is 1.57. The monoisotopic (exact) mass is 412 g/mol. The third-order valence-corrected chi connectivity index (χ3v) is 7.57. The number of fused-ring (bicyclic) bond motifs is 1. The molecular weight excluding hydrogens is 392 g/mol. The van der Waals surface area contributed by atoms with Crippen LogP contribution in [-0.4, -0.2) is 49.7 Å². The number of sulfonamides is 1. The van der Waals surface area contributed by atoms with Crippen LogP contribution in [0.1, 0.15) is 4.88 Å². The maximum atomic E-state index is 13.0. The third kappa shape index (κ3) is 3.87. The zero-order chi connectivity index (χ0) is 19.6. The highest BCUT2D eigenvalue weighted by Gasteiger charge is 2.29. The van der Waals surface area contributed by atoms with Crippen LogP contribution in [0.25, 0.3) is 16.8 Å². The molecule has 2 heterocycles. The number of hydrogen-bond donors (Lipinski definition) is 0. The Morgan fingerprint density at radius 3 is 2.39 bits per heavy atom. The summed E-state index contributed by atoms with van der Waals surface area (Å²) in [6.45, 7) is 1.38. The summed E-state index contributed by atoms with van der Waals surface area (Å²) in [5, 5.41) is 3.87. The molecule has 1 aliphatic heterocycles. The van der Waals surface area contributed by atoms with Crippen molar-refractivity contribution in [1.82, 2.24) is 9.21 Å². The smallest absolute Gasteiger partial charge is 0.246 e. The molecule has 0 aliphatic carbocycles. The Labute approximate surface area is 168 Å². The highest BCUT2D eigenvalue weighted by atomic mass is 32.2. The van der Waals surface area contributed by atoms with Crippen molar-refractivity contribution in [2.24, 2.45) is 0 Å². The van der Waals surface area contributed by atoms with Gasteiger partial charge in [0, 0.05) is 37.1 Å². The molecule has 2 aromatic carbocycles. The number of piperazine rings is 1. The SMILES string of the molecule is O=C(C=Cc1cccs1)N1CCN(S(=O)(=O)c2ccc3ccccc3c2)CC1. The number of nitrogens with zero attached hydrogens (tertiary/aromatic N) is 2. The quantitative estimate of drug-likeness (QED) is 0.617. The first-order valence-electron chi connectivity index (χ1n) is 9.03. The van der Waals surface area contributed by atoms with Gasteiger partial charge in [0.1, 0.15) is 0 Å². The van der Waals surface area contributed by atoms with Crippen molar-refractivity contribution in [2.75, 3.05) is 26.2 Å². The Morgan fingerprint density at radius 2 is 1.68 bits per heavy atom. The molecule has 0 radical (unpaired) electrons. The zero-order valence-corrected chi connectivity index (χ0v) is 16.8. The van der Waals surface area contributed by atoms with Crippen LogP contribution in [-0.2, 0) is 14.8 Å². The molecule has 1 aromatic heterocycles. The van der Waals surface area contributed by atoms with Gasteiger partial charge in [-0.05, 0) is 40.4 Å². The first kappa shape index (κ1) is 18.9. The highest BCUT2D eigenvalue weighted by Crippen LogP contribution is 2.23. The molecule has 28 heavy (non-hydrogen) atoms. The first-order valence-corrected chi connectivity index (χ1v) is 11.4. The fourth-order valence-corrected chi connectivity index (χ4v) is 5.35. The minimum Gasteiger partial charge on any atom is -0.337 e. The van der Waals surface area contributed by atoms with Crippen molar-refractivity contribution in [3.63, 3.8) is 0 Å². The van der Waals surface area contributed by atoms with Crippen molar-refractivity contribution in [1.29, 1.82) is 0 Å². The molecular formula is C21H20N2O3S2. The van der Waals surface area contributed by atoms with Crippen molar-refractivity contribution in [3.05, 3.63) is 70.9 Å². The van der Waals surface area contributed by atoms with Gasteiger partial charge >= 0.3 is 0 Å². The van der Waals surface area contributed by atoms with Gasteiger partial charge in [0.05, 0.1) is 4.90 Å². The van der Waals surface area contributed by atoms with E-state index < -0.39 is 10.0 Å². The summed E-state index contributed by atoms with van der Waals surface area (Å²) in [5.74, 6) is -0.0869. The first-order chi connectivity index (χ1) is 13.5. The van der Waals surface area contributed by atoms with E-state index in [0.717, 1.165) is 15.6 Å². The second kappa shape index (κ2) is 7.87. The summed E-state index contributed by atoms with van der Waals surface area (Å²) in [6.07, 6.45) is 3.35. The lowest BCUT2D eigenvalue weighted by Crippen LogP contribution is -2.50. The maximum absolute atomic E-state index is 13.0. The molecule has 0 atom stereocenters. The number of benzene rings is 2. The summed E-state index contributed by atoms with van der Waals surface area (Å²) in [4.78, 5) is 15.3. The Kier molecular flexibility index (Phi) is 5.30. The van der Waals surface area contributed by atoms with Crippen molar-refractivity contribution in [2.45, 2.75) is 4.90 Å². The molecule has 1 amide bonds. The van der Waals surface area contributed by atoms with E-state index in [1.807, 2.05) is 47.8 Å². The average molecular weight is 413 g/mol. The van der Waals surface area contributed by atoms with Crippen molar-refractivity contribution >= 4 is 44.1 Å². The molecule has 7 heteroatoms. The maximum Gasteiger partial charge on any atom is 0.246 e. The molecule has 0 saturated carbocycles. The van der Waals surface area contributed by atoms with Crippen LogP contribution >= 0.6 is 11.3 Å². The molecule has 5 nitrogen and oxygen atoms in total. The standard InChI is InChI=1S/C21H20N2O3S2/c24-21(10-8-19-6-3-15-27-19)22-11-13-23(14-12-22)28(25,26)20-9-7-17-4-1-2-5-18(17)16-20/h1-10,15-16H,11-14H2. The second-order valence-corrected chi connectivity index (χ2v) is 9.50. The number of carbonyl (C=O) groups is 1. The van der Waals surface area contributed by atoms with E-state index in [2.05, 4.69) is 0 Å². The minimum atomic E-state index is -3.57. The van der Waals surface area contributed by atoms with Gasteiger partial charge in [0.15, 0.2) is 0 Å². The number of rotatable bonds is 4. The predicted molar refractivity (Wildman–Crippen MR) is 113 cm³/mol. The van der Waals surface area contributed by atoms with Gasteiger partial charge in [-0.1, -0.05) is 36.4 Å². The minimum absolute atomic E-state index is 0.0869. The van der Waals surface area contributed by atoms with E-state index >= 15 is 0 Å². The zero-order valence-electron chi connectivity index (χ0n) is 15.2. The fourth-order valence-electron chi connectivity index (χ4n) is 3.27. The lowest BCUT2D eigenvalue weighted by Gasteiger charge is -2.33. The number of hydrogen-bond acceptors (Lipinski definition) is 4. The number of amides is 1. The largest absolute Gasteiger partial charge is 0.337 e. The average Bonchev–Trinajstić information content (AvgIpc) is 3.25. The lowest BCUT2D eigenvalue weighted by molar-refractivity contribution is -0.127. The molecule has 1 aliphatic rings. The van der Waals surface area contributed by atoms with E-state index in [-0.39, 0.29) is 5.91 Å². The third-order valence-electron chi connectivity index (χ3n) is 4.84. The lowest BCUT2D eigenvalue weighted by atomic mass is 10.1. The molecule has 0 unspecified atom stereocenters. The van der Waals surface area contributed by atoms with E-state index in [9.17, 15) is 13.2 Å². The van der Waals surface area contributed by atoms with Gasteiger partial charge in [-0.25, -0.2) is 8.42 Å². The summed E-state index contributed by atoms with van der Waals surface area (Å²) in [6, 6.07) is 16.8. The summed E-state index contributed by atoms with van der Waals surface area (Å²) < 4.78 is 27.5. The van der Waals surface area contributed by atoms with Crippen LogP contribution in [0.4, 0.5) is 0 Å². The normalized spacial score (nSPS) is 16.1. The number of carbonyl (C=O) groups excluding carboxylic acids is 1. The molecule has 0 N–H and O–H groups in total. The Balaban J connectivity index is 1.44. The van der Waals surface area contributed by atoms with E-state index in [1.54, 1.807) is 40.5 Å².